The molecular formula is C20H21BF2N2O3. The van der Waals surface area contributed by atoms with E-state index in [1.165, 1.54) is 23.2 Å². The second kappa shape index (κ2) is 6.35. The number of hydrogen-bond acceptors (Lipinski definition) is 4. The first-order valence-electron chi connectivity index (χ1n) is 9.15. The van der Waals surface area contributed by atoms with Gasteiger partial charge in [0.2, 0.25) is 0 Å². The van der Waals surface area contributed by atoms with Crippen LogP contribution in [-0.2, 0) is 22.4 Å². The number of amides is 1. The SMILES string of the molecule is CC1(C)OB(c2cc(F)c(CN3Cc4ccncc4C3=O)c(F)c2)OC1(C)C. The number of rotatable bonds is 3. The third kappa shape index (κ3) is 3.01. The summed E-state index contributed by atoms with van der Waals surface area (Å²) in [6.07, 6.45) is 3.07. The van der Waals surface area contributed by atoms with E-state index in [0.717, 1.165) is 5.56 Å². The van der Waals surface area contributed by atoms with Crippen molar-refractivity contribution in [1.29, 1.82) is 0 Å². The maximum atomic E-state index is 14.8. The van der Waals surface area contributed by atoms with Gasteiger partial charge >= 0.3 is 7.12 Å². The Morgan fingerprint density at radius 3 is 2.32 bits per heavy atom. The largest absolute Gasteiger partial charge is 0.495 e. The third-order valence-corrected chi connectivity index (χ3v) is 5.83. The number of carbonyl (C=O) groups is 1. The number of halogens is 2. The summed E-state index contributed by atoms with van der Waals surface area (Å²) in [6, 6.07) is 4.17. The lowest BCUT2D eigenvalue weighted by Gasteiger charge is -2.32. The predicted molar refractivity (Wildman–Crippen MR) is 99.9 cm³/mol. The van der Waals surface area contributed by atoms with Crippen LogP contribution in [0.5, 0.6) is 0 Å². The summed E-state index contributed by atoms with van der Waals surface area (Å²) in [7, 11) is -0.855. The van der Waals surface area contributed by atoms with Crippen molar-refractivity contribution in [3.63, 3.8) is 0 Å². The van der Waals surface area contributed by atoms with Gasteiger partial charge in [-0.25, -0.2) is 8.78 Å². The average Bonchev–Trinajstić information content (AvgIpc) is 3.04. The van der Waals surface area contributed by atoms with Gasteiger partial charge in [0.15, 0.2) is 0 Å². The van der Waals surface area contributed by atoms with E-state index in [1.807, 2.05) is 27.7 Å². The zero-order valence-electron chi connectivity index (χ0n) is 16.3. The molecule has 146 valence electrons. The fourth-order valence-corrected chi connectivity index (χ4v) is 3.41. The Bertz CT molecular complexity index is 925. The van der Waals surface area contributed by atoms with Gasteiger partial charge in [0.1, 0.15) is 11.6 Å². The topological polar surface area (TPSA) is 51.7 Å². The third-order valence-electron chi connectivity index (χ3n) is 5.83. The van der Waals surface area contributed by atoms with Crippen molar-refractivity contribution in [1.82, 2.24) is 9.88 Å². The maximum Gasteiger partial charge on any atom is 0.495 e. The van der Waals surface area contributed by atoms with Crippen molar-refractivity contribution >= 4 is 18.5 Å². The van der Waals surface area contributed by atoms with Gasteiger partial charge in [-0.3, -0.25) is 9.78 Å². The summed E-state index contributed by atoms with van der Waals surface area (Å²) in [5.74, 6) is -1.74. The molecule has 1 saturated heterocycles. The fraction of sp³-hybridized carbons (Fsp3) is 0.400. The van der Waals surface area contributed by atoms with Crippen LogP contribution in [0.4, 0.5) is 8.78 Å². The van der Waals surface area contributed by atoms with Crippen molar-refractivity contribution in [2.45, 2.75) is 52.0 Å². The minimum Gasteiger partial charge on any atom is -0.399 e. The Labute approximate surface area is 162 Å². The Balaban J connectivity index is 1.57. The number of aromatic nitrogens is 1. The molecule has 0 saturated carbocycles. The summed E-state index contributed by atoms with van der Waals surface area (Å²) < 4.78 is 41.2. The van der Waals surface area contributed by atoms with Gasteiger partial charge in [0.05, 0.1) is 23.3 Å². The minimum absolute atomic E-state index is 0.158. The Kier molecular flexibility index (Phi) is 4.32. The van der Waals surface area contributed by atoms with Crippen LogP contribution in [0.25, 0.3) is 0 Å². The van der Waals surface area contributed by atoms with Crippen LogP contribution in [0.15, 0.2) is 30.6 Å². The van der Waals surface area contributed by atoms with E-state index in [1.54, 1.807) is 12.3 Å². The van der Waals surface area contributed by atoms with Crippen molar-refractivity contribution in [3.05, 3.63) is 58.9 Å². The van der Waals surface area contributed by atoms with E-state index in [0.29, 0.717) is 12.1 Å². The smallest absolute Gasteiger partial charge is 0.399 e. The van der Waals surface area contributed by atoms with E-state index in [4.69, 9.17) is 9.31 Å². The van der Waals surface area contributed by atoms with Crippen LogP contribution in [0.3, 0.4) is 0 Å². The molecule has 1 amide bonds. The molecule has 1 fully saturated rings. The lowest BCUT2D eigenvalue weighted by atomic mass is 9.78. The summed E-state index contributed by atoms with van der Waals surface area (Å²) in [5, 5.41) is 0. The monoisotopic (exact) mass is 386 g/mol. The second-order valence-corrected chi connectivity index (χ2v) is 8.25. The second-order valence-electron chi connectivity index (χ2n) is 8.25. The molecule has 0 N–H and O–H groups in total. The molecule has 5 nitrogen and oxygen atoms in total. The predicted octanol–water partition coefficient (Wildman–Crippen LogP) is 2.82. The zero-order valence-corrected chi connectivity index (χ0v) is 16.3. The van der Waals surface area contributed by atoms with Crippen molar-refractivity contribution < 1.29 is 22.9 Å². The quantitative estimate of drug-likeness (QED) is 0.762. The standard InChI is InChI=1S/C20H21BF2N2O3/c1-19(2)20(3,4)28-21(27-19)13-7-16(22)15(17(23)8-13)11-25-10-12-5-6-24-9-14(12)18(25)26/h5-9H,10-11H2,1-4H3. The molecule has 2 aromatic rings. The van der Waals surface area contributed by atoms with E-state index in [2.05, 4.69) is 4.98 Å². The minimum atomic E-state index is -0.855. The first kappa shape index (κ1) is 19.0. The molecule has 28 heavy (non-hydrogen) atoms. The van der Waals surface area contributed by atoms with Crippen molar-refractivity contribution in [3.8, 4) is 0 Å². The Morgan fingerprint density at radius 2 is 1.75 bits per heavy atom. The summed E-state index contributed by atoms with van der Waals surface area (Å²) in [5.41, 5.74) is 0.176. The maximum absolute atomic E-state index is 14.8. The van der Waals surface area contributed by atoms with Crippen LogP contribution in [0.1, 0.15) is 49.2 Å². The molecule has 0 aliphatic carbocycles. The molecule has 0 atom stereocenters. The summed E-state index contributed by atoms with van der Waals surface area (Å²) in [4.78, 5) is 17.8. The normalized spacial score (nSPS) is 20.0. The molecule has 8 heteroatoms. The Morgan fingerprint density at radius 1 is 1.14 bits per heavy atom. The summed E-state index contributed by atoms with van der Waals surface area (Å²) in [6.45, 7) is 7.64. The van der Waals surface area contributed by atoms with Gasteiger partial charge in [-0.15, -0.1) is 0 Å². The molecule has 2 aliphatic heterocycles. The molecule has 0 radical (unpaired) electrons. The number of nitrogens with zero attached hydrogens (tertiary/aromatic N) is 2. The van der Waals surface area contributed by atoms with E-state index >= 15 is 0 Å². The molecule has 0 bridgehead atoms. The lowest BCUT2D eigenvalue weighted by Crippen LogP contribution is -2.41. The summed E-state index contributed by atoms with van der Waals surface area (Å²) >= 11 is 0. The molecule has 0 unspecified atom stereocenters. The molecule has 0 spiro atoms. The molecule has 1 aromatic heterocycles. The lowest BCUT2D eigenvalue weighted by molar-refractivity contribution is 0.00578. The fourth-order valence-electron chi connectivity index (χ4n) is 3.41. The molecular weight excluding hydrogens is 365 g/mol. The molecule has 3 heterocycles. The van der Waals surface area contributed by atoms with Gasteiger partial charge in [-0.1, -0.05) is 0 Å². The van der Waals surface area contributed by atoms with Crippen LogP contribution < -0.4 is 5.46 Å². The molecule has 2 aliphatic rings. The van der Waals surface area contributed by atoms with Crippen LogP contribution >= 0.6 is 0 Å². The molecule has 1 aromatic carbocycles. The van der Waals surface area contributed by atoms with E-state index in [-0.39, 0.29) is 23.5 Å². The van der Waals surface area contributed by atoms with Gasteiger partial charge in [0, 0.05) is 24.5 Å². The van der Waals surface area contributed by atoms with Crippen LogP contribution in [0.2, 0.25) is 0 Å². The zero-order chi connectivity index (χ0) is 20.3. The highest BCUT2D eigenvalue weighted by Crippen LogP contribution is 2.36. The first-order chi connectivity index (χ1) is 13.1. The molecule has 4 rings (SSSR count). The van der Waals surface area contributed by atoms with Crippen LogP contribution in [-0.4, -0.2) is 34.1 Å². The van der Waals surface area contributed by atoms with Crippen molar-refractivity contribution in [2.24, 2.45) is 0 Å². The van der Waals surface area contributed by atoms with E-state index in [9.17, 15) is 13.6 Å². The number of hydrogen-bond donors (Lipinski definition) is 0. The first-order valence-corrected chi connectivity index (χ1v) is 9.15. The highest BCUT2D eigenvalue weighted by molar-refractivity contribution is 6.62. The Hall–Kier alpha value is -2.32. The average molecular weight is 386 g/mol. The van der Waals surface area contributed by atoms with E-state index < -0.39 is 30.0 Å². The highest BCUT2D eigenvalue weighted by atomic mass is 19.1. The highest BCUT2D eigenvalue weighted by Gasteiger charge is 2.52. The number of pyridine rings is 1. The number of fused-ring (bicyclic) bond motifs is 1. The number of benzene rings is 1. The van der Waals surface area contributed by atoms with Gasteiger partial charge in [-0.2, -0.15) is 0 Å². The van der Waals surface area contributed by atoms with Crippen molar-refractivity contribution in [2.75, 3.05) is 0 Å². The van der Waals surface area contributed by atoms with Gasteiger partial charge in [0.25, 0.3) is 5.91 Å². The van der Waals surface area contributed by atoms with Gasteiger partial charge in [-0.05, 0) is 56.9 Å². The van der Waals surface area contributed by atoms with Crippen LogP contribution in [0, 0.1) is 11.6 Å². The van der Waals surface area contributed by atoms with Gasteiger partial charge < -0.3 is 14.2 Å². The number of carbonyl (C=O) groups excluding carboxylic acids is 1.